The van der Waals surface area contributed by atoms with Crippen molar-refractivity contribution in [3.05, 3.63) is 27.9 Å². The van der Waals surface area contributed by atoms with Gasteiger partial charge in [0.15, 0.2) is 5.69 Å². The number of carbonyl (C=O) groups is 1. The van der Waals surface area contributed by atoms with Gasteiger partial charge in [-0.2, -0.15) is 13.2 Å². The van der Waals surface area contributed by atoms with Crippen LogP contribution in [-0.4, -0.2) is 16.1 Å². The number of rotatable bonds is 1. The van der Waals surface area contributed by atoms with Crippen molar-refractivity contribution < 1.29 is 18.0 Å². The fraction of sp³-hybridized carbons (Fsp3) is 0.100. The van der Waals surface area contributed by atoms with Gasteiger partial charge in [0.2, 0.25) is 0 Å². The number of halogens is 4. The van der Waals surface area contributed by atoms with E-state index in [0.29, 0.717) is 0 Å². The quantitative estimate of drug-likeness (QED) is 0.834. The number of hydrogen-bond acceptors (Lipinski definition) is 4. The Labute approximate surface area is 112 Å². The molecule has 0 fully saturated rings. The topological polar surface area (TPSA) is 94.9 Å². The number of carbonyl (C=O) groups excluding carboxylic acids is 1. The van der Waals surface area contributed by atoms with E-state index < -0.39 is 17.6 Å². The molecule has 0 saturated heterocycles. The van der Waals surface area contributed by atoms with Crippen LogP contribution in [0.25, 0.3) is 10.9 Å². The van der Waals surface area contributed by atoms with E-state index in [-0.39, 0.29) is 26.8 Å². The van der Waals surface area contributed by atoms with Gasteiger partial charge < -0.3 is 11.5 Å². The average Bonchev–Trinajstić information content (AvgIpc) is 2.28. The highest BCUT2D eigenvalue weighted by Crippen LogP contribution is 2.36. The maximum absolute atomic E-state index is 12.7. The highest BCUT2D eigenvalue weighted by Gasteiger charge is 2.32. The third-order valence-corrected chi connectivity index (χ3v) is 3.02. The third kappa shape index (κ3) is 2.33. The molecule has 2 rings (SSSR count). The number of fused-ring (bicyclic) bond motifs is 1. The zero-order valence-electron chi connectivity index (χ0n) is 9.12. The summed E-state index contributed by atoms with van der Waals surface area (Å²) in [5, 5.41) is 7.10. The number of nitrogens with zero attached hydrogens (tertiary/aromatic N) is 2. The van der Waals surface area contributed by atoms with Gasteiger partial charge in [-0.1, -0.05) is 0 Å². The van der Waals surface area contributed by atoms with E-state index in [1.54, 1.807) is 0 Å². The molecular weight excluding hydrogens is 329 g/mol. The van der Waals surface area contributed by atoms with Crippen molar-refractivity contribution >= 4 is 38.4 Å². The van der Waals surface area contributed by atoms with Gasteiger partial charge >= 0.3 is 6.18 Å². The maximum atomic E-state index is 12.7. The molecule has 1 aromatic heterocycles. The Balaban J connectivity index is 2.84. The van der Waals surface area contributed by atoms with Crippen LogP contribution in [0.5, 0.6) is 0 Å². The first-order valence-corrected chi connectivity index (χ1v) is 5.63. The molecule has 0 radical (unpaired) electrons. The van der Waals surface area contributed by atoms with Crippen molar-refractivity contribution in [2.45, 2.75) is 6.18 Å². The SMILES string of the molecule is NC(=O)c1nnc2c(Br)cc(C(F)(F)F)cc2c1N. The fourth-order valence-electron chi connectivity index (χ4n) is 1.53. The molecule has 0 aliphatic rings. The molecule has 4 N–H and O–H groups in total. The molecular formula is C10H6BrF3N4O. The number of alkyl halides is 3. The summed E-state index contributed by atoms with van der Waals surface area (Å²) in [7, 11) is 0. The van der Waals surface area contributed by atoms with Crippen LogP contribution in [0.1, 0.15) is 16.1 Å². The van der Waals surface area contributed by atoms with Gasteiger partial charge in [-0.3, -0.25) is 4.79 Å². The van der Waals surface area contributed by atoms with Crippen molar-refractivity contribution in [3.63, 3.8) is 0 Å². The Kier molecular flexibility index (Phi) is 3.09. The van der Waals surface area contributed by atoms with Crippen molar-refractivity contribution in [1.82, 2.24) is 10.2 Å². The molecule has 9 heteroatoms. The first-order valence-electron chi connectivity index (χ1n) is 4.84. The smallest absolute Gasteiger partial charge is 0.396 e. The molecule has 1 aromatic carbocycles. The lowest BCUT2D eigenvalue weighted by Crippen LogP contribution is -2.17. The van der Waals surface area contributed by atoms with Crippen LogP contribution in [0.4, 0.5) is 18.9 Å². The van der Waals surface area contributed by atoms with Gasteiger partial charge in [0.1, 0.15) is 5.52 Å². The molecule has 2 aromatic rings. The molecule has 0 spiro atoms. The molecule has 0 aliphatic carbocycles. The molecule has 0 saturated carbocycles. The Morgan fingerprint density at radius 1 is 1.26 bits per heavy atom. The van der Waals surface area contributed by atoms with E-state index in [9.17, 15) is 18.0 Å². The van der Waals surface area contributed by atoms with Crippen LogP contribution in [0.15, 0.2) is 16.6 Å². The van der Waals surface area contributed by atoms with Gasteiger partial charge in [-0.15, -0.1) is 10.2 Å². The standard InChI is InChI=1S/C10H6BrF3N4O/c11-5-2-3(10(12,13)14)1-4-6(15)8(9(16)19)18-17-7(4)5/h1-2H,(H2,15,17)(H2,16,19). The van der Waals surface area contributed by atoms with Crippen LogP contribution in [-0.2, 0) is 6.18 Å². The third-order valence-electron chi connectivity index (χ3n) is 2.42. The fourth-order valence-corrected chi connectivity index (χ4v) is 2.07. The van der Waals surface area contributed by atoms with E-state index in [1.165, 1.54) is 0 Å². The number of nitrogen functional groups attached to an aromatic ring is 1. The normalized spacial score (nSPS) is 11.8. The predicted molar refractivity (Wildman–Crippen MR) is 65.2 cm³/mol. The van der Waals surface area contributed by atoms with Crippen molar-refractivity contribution in [3.8, 4) is 0 Å². The highest BCUT2D eigenvalue weighted by molar-refractivity contribution is 9.10. The second-order valence-corrected chi connectivity index (χ2v) is 4.53. The summed E-state index contributed by atoms with van der Waals surface area (Å²) in [5.74, 6) is -0.958. The van der Waals surface area contributed by atoms with Gasteiger partial charge in [0.05, 0.1) is 11.3 Å². The minimum atomic E-state index is -4.54. The molecule has 100 valence electrons. The summed E-state index contributed by atoms with van der Waals surface area (Å²) < 4.78 is 38.2. The number of anilines is 1. The molecule has 19 heavy (non-hydrogen) atoms. The molecule has 1 heterocycles. The molecule has 1 amide bonds. The Morgan fingerprint density at radius 2 is 1.89 bits per heavy atom. The number of nitrogens with two attached hydrogens (primary N) is 2. The van der Waals surface area contributed by atoms with Crippen molar-refractivity contribution in [2.24, 2.45) is 5.73 Å². The minimum Gasteiger partial charge on any atom is -0.396 e. The van der Waals surface area contributed by atoms with Crippen molar-refractivity contribution in [1.29, 1.82) is 0 Å². The van der Waals surface area contributed by atoms with Gasteiger partial charge in [-0.25, -0.2) is 0 Å². The molecule has 0 unspecified atom stereocenters. The van der Waals surface area contributed by atoms with Crippen molar-refractivity contribution in [2.75, 3.05) is 5.73 Å². The largest absolute Gasteiger partial charge is 0.416 e. The zero-order chi connectivity index (χ0) is 14.4. The highest BCUT2D eigenvalue weighted by atomic mass is 79.9. The number of primary amides is 1. The molecule has 0 aliphatic heterocycles. The first-order chi connectivity index (χ1) is 8.71. The average molecular weight is 335 g/mol. The zero-order valence-corrected chi connectivity index (χ0v) is 10.7. The number of benzene rings is 1. The number of aromatic nitrogens is 2. The van der Waals surface area contributed by atoms with Crippen LogP contribution < -0.4 is 11.5 Å². The van der Waals surface area contributed by atoms with E-state index in [0.717, 1.165) is 12.1 Å². The lowest BCUT2D eigenvalue weighted by Gasteiger charge is -2.11. The maximum Gasteiger partial charge on any atom is 0.416 e. The summed E-state index contributed by atoms with van der Waals surface area (Å²) in [4.78, 5) is 11.0. The molecule has 0 atom stereocenters. The lowest BCUT2D eigenvalue weighted by molar-refractivity contribution is -0.137. The van der Waals surface area contributed by atoms with Gasteiger partial charge in [-0.05, 0) is 28.1 Å². The van der Waals surface area contributed by atoms with E-state index in [2.05, 4.69) is 26.1 Å². The summed E-state index contributed by atoms with van der Waals surface area (Å²) >= 11 is 2.96. The van der Waals surface area contributed by atoms with E-state index >= 15 is 0 Å². The summed E-state index contributed by atoms with van der Waals surface area (Å²) in [6.07, 6.45) is -4.54. The van der Waals surface area contributed by atoms with E-state index in [1.807, 2.05) is 0 Å². The first kappa shape index (κ1) is 13.5. The Bertz CT molecular complexity index is 687. The van der Waals surface area contributed by atoms with Gasteiger partial charge in [0, 0.05) is 9.86 Å². The van der Waals surface area contributed by atoms with Crippen LogP contribution in [0, 0.1) is 0 Å². The van der Waals surface area contributed by atoms with Crippen LogP contribution in [0.3, 0.4) is 0 Å². The second-order valence-electron chi connectivity index (χ2n) is 3.68. The molecule has 5 nitrogen and oxygen atoms in total. The number of amides is 1. The van der Waals surface area contributed by atoms with E-state index in [4.69, 9.17) is 11.5 Å². The second kappa shape index (κ2) is 4.34. The predicted octanol–water partition coefficient (Wildman–Crippen LogP) is 2.09. The van der Waals surface area contributed by atoms with Crippen LogP contribution >= 0.6 is 15.9 Å². The summed E-state index contributed by atoms with van der Waals surface area (Å²) in [5.41, 5.74) is 9.23. The molecule has 0 bridgehead atoms. The lowest BCUT2D eigenvalue weighted by atomic mass is 10.1. The monoisotopic (exact) mass is 334 g/mol. The minimum absolute atomic E-state index is 0.0366. The van der Waals surface area contributed by atoms with Gasteiger partial charge in [0.25, 0.3) is 5.91 Å². The Hall–Kier alpha value is -1.90. The number of hydrogen-bond donors (Lipinski definition) is 2. The van der Waals surface area contributed by atoms with Crippen LogP contribution in [0.2, 0.25) is 0 Å². The summed E-state index contributed by atoms with van der Waals surface area (Å²) in [6, 6.07) is 1.66. The Morgan fingerprint density at radius 3 is 2.42 bits per heavy atom. The summed E-state index contributed by atoms with van der Waals surface area (Å²) in [6.45, 7) is 0.